The van der Waals surface area contributed by atoms with Crippen molar-refractivity contribution >= 4 is 12.1 Å². The lowest BCUT2D eigenvalue weighted by atomic mass is 9.86. The van der Waals surface area contributed by atoms with Crippen LogP contribution in [0.2, 0.25) is 0 Å². The van der Waals surface area contributed by atoms with Crippen molar-refractivity contribution in [1.29, 1.82) is 0 Å². The van der Waals surface area contributed by atoms with Gasteiger partial charge in [-0.1, -0.05) is 30.3 Å². The molecule has 0 saturated carbocycles. The average molecular weight is 408 g/mol. The Balaban J connectivity index is 2.27. The monoisotopic (exact) mass is 407 g/mol. The van der Waals surface area contributed by atoms with Gasteiger partial charge in [0.2, 0.25) is 0 Å². The van der Waals surface area contributed by atoms with Crippen molar-refractivity contribution < 1.29 is 28.5 Å². The van der Waals surface area contributed by atoms with Gasteiger partial charge in [-0.25, -0.2) is 9.59 Å². The number of carbonyl (C=O) groups excluding carboxylic acids is 2. The number of nitrogens with one attached hydrogen (secondary N) is 1. The van der Waals surface area contributed by atoms with Crippen LogP contribution in [-0.2, 0) is 30.3 Å². The van der Waals surface area contributed by atoms with Gasteiger partial charge < -0.3 is 24.3 Å². The molecule has 0 spiro atoms. The van der Waals surface area contributed by atoms with Gasteiger partial charge in [0, 0.05) is 13.0 Å². The summed E-state index contributed by atoms with van der Waals surface area (Å²) in [7, 11) is 0. The van der Waals surface area contributed by atoms with Crippen LogP contribution in [0, 0.1) is 0 Å². The molecular weight excluding hydrogens is 374 g/mol. The zero-order valence-corrected chi connectivity index (χ0v) is 18.2. The lowest BCUT2D eigenvalue weighted by Crippen LogP contribution is -2.67. The van der Waals surface area contributed by atoms with E-state index in [1.54, 1.807) is 41.5 Å². The maximum atomic E-state index is 13.2. The van der Waals surface area contributed by atoms with Crippen molar-refractivity contribution in [2.24, 2.45) is 0 Å². The van der Waals surface area contributed by atoms with Gasteiger partial charge in [-0.15, -0.1) is 0 Å². The molecule has 1 aromatic rings. The van der Waals surface area contributed by atoms with Gasteiger partial charge in [0.1, 0.15) is 17.3 Å². The minimum absolute atomic E-state index is 0.155. The summed E-state index contributed by atoms with van der Waals surface area (Å²) in [5.74, 6) is -0.558. The van der Waals surface area contributed by atoms with E-state index in [2.05, 4.69) is 5.32 Å². The third-order valence-electron chi connectivity index (χ3n) is 4.24. The van der Waals surface area contributed by atoms with Crippen molar-refractivity contribution in [2.45, 2.75) is 77.4 Å². The molecule has 0 radical (unpaired) electrons. The fourth-order valence-corrected chi connectivity index (χ4v) is 2.97. The van der Waals surface area contributed by atoms with Crippen LogP contribution in [0.4, 0.5) is 4.79 Å². The molecule has 29 heavy (non-hydrogen) atoms. The van der Waals surface area contributed by atoms with E-state index in [1.165, 1.54) is 0 Å². The molecular formula is C22H33NO6. The van der Waals surface area contributed by atoms with E-state index >= 15 is 0 Å². The number of carbonyl (C=O) groups is 2. The number of ether oxygens (including phenoxy) is 4. The second-order valence-electron chi connectivity index (χ2n) is 9.21. The Bertz CT molecular complexity index is 691. The zero-order valence-electron chi connectivity index (χ0n) is 18.2. The topological polar surface area (TPSA) is 83.1 Å². The molecule has 2 unspecified atom stereocenters. The number of esters is 1. The van der Waals surface area contributed by atoms with E-state index in [0.717, 1.165) is 5.56 Å². The Morgan fingerprint density at radius 1 is 1.07 bits per heavy atom. The first-order valence-electron chi connectivity index (χ1n) is 9.89. The van der Waals surface area contributed by atoms with E-state index in [0.29, 0.717) is 6.61 Å². The van der Waals surface area contributed by atoms with E-state index < -0.39 is 34.9 Å². The van der Waals surface area contributed by atoms with E-state index in [4.69, 9.17) is 18.9 Å². The Kier molecular flexibility index (Phi) is 7.30. The molecule has 1 heterocycles. The third kappa shape index (κ3) is 7.01. The van der Waals surface area contributed by atoms with Gasteiger partial charge in [-0.3, -0.25) is 0 Å². The highest BCUT2D eigenvalue weighted by Gasteiger charge is 2.53. The predicted octanol–water partition coefficient (Wildman–Crippen LogP) is 3.60. The Hall–Kier alpha value is -2.12. The molecule has 162 valence electrons. The lowest BCUT2D eigenvalue weighted by molar-refractivity contribution is -0.183. The van der Waals surface area contributed by atoms with E-state index in [-0.39, 0.29) is 19.6 Å². The second-order valence-corrected chi connectivity index (χ2v) is 9.21. The Morgan fingerprint density at radius 3 is 2.28 bits per heavy atom. The minimum Gasteiger partial charge on any atom is -0.458 e. The van der Waals surface area contributed by atoms with Crippen molar-refractivity contribution in [3.63, 3.8) is 0 Å². The van der Waals surface area contributed by atoms with Crippen LogP contribution in [0.1, 0.15) is 53.5 Å². The maximum Gasteiger partial charge on any atom is 0.408 e. The number of rotatable bonds is 5. The normalized spacial score (nSPS) is 22.6. The molecule has 0 bridgehead atoms. The molecule has 1 saturated heterocycles. The molecule has 7 nitrogen and oxygen atoms in total. The van der Waals surface area contributed by atoms with Crippen molar-refractivity contribution in [1.82, 2.24) is 5.32 Å². The molecule has 1 aromatic carbocycles. The zero-order chi connectivity index (χ0) is 21.7. The van der Waals surface area contributed by atoms with E-state index in [1.807, 2.05) is 30.3 Å². The van der Waals surface area contributed by atoms with Crippen LogP contribution < -0.4 is 5.32 Å². The van der Waals surface area contributed by atoms with Crippen molar-refractivity contribution in [2.75, 3.05) is 13.2 Å². The summed E-state index contributed by atoms with van der Waals surface area (Å²) < 4.78 is 22.7. The molecule has 1 aliphatic heterocycles. The molecule has 2 rings (SSSR count). The predicted molar refractivity (Wildman–Crippen MR) is 108 cm³/mol. The number of benzene rings is 1. The van der Waals surface area contributed by atoms with Gasteiger partial charge in [0.25, 0.3) is 0 Å². The summed E-state index contributed by atoms with van der Waals surface area (Å²) in [6, 6.07) is 9.61. The second kappa shape index (κ2) is 9.13. The Labute approximate surface area is 173 Å². The third-order valence-corrected chi connectivity index (χ3v) is 4.24. The lowest BCUT2D eigenvalue weighted by Gasteiger charge is -2.43. The fourth-order valence-electron chi connectivity index (χ4n) is 2.97. The van der Waals surface area contributed by atoms with Gasteiger partial charge in [-0.05, 0) is 47.1 Å². The summed E-state index contributed by atoms with van der Waals surface area (Å²) in [5.41, 5.74) is -1.87. The molecule has 1 N–H and O–H groups in total. The number of hydrogen-bond donors (Lipinski definition) is 1. The first kappa shape index (κ1) is 23.2. The SMILES string of the molecule is CC(C)(C)OC(=O)NC1(C(=O)OC(C)(C)C)CCOCC1OCc1ccccc1. The molecule has 7 heteroatoms. The summed E-state index contributed by atoms with van der Waals surface area (Å²) in [5, 5.41) is 2.76. The van der Waals surface area contributed by atoms with Crippen LogP contribution in [0.15, 0.2) is 30.3 Å². The maximum absolute atomic E-state index is 13.2. The van der Waals surface area contributed by atoms with E-state index in [9.17, 15) is 9.59 Å². The number of amides is 1. The van der Waals surface area contributed by atoms with Crippen LogP contribution in [0.25, 0.3) is 0 Å². The van der Waals surface area contributed by atoms with Crippen LogP contribution in [-0.4, -0.2) is 48.1 Å². The smallest absolute Gasteiger partial charge is 0.408 e. The molecule has 1 aliphatic rings. The van der Waals surface area contributed by atoms with Crippen LogP contribution in [0.5, 0.6) is 0 Å². The number of alkyl carbamates (subject to hydrolysis) is 1. The highest BCUT2D eigenvalue weighted by molar-refractivity contribution is 5.87. The fraction of sp³-hybridized carbons (Fsp3) is 0.636. The first-order valence-corrected chi connectivity index (χ1v) is 9.89. The van der Waals surface area contributed by atoms with Crippen LogP contribution in [0.3, 0.4) is 0 Å². The van der Waals surface area contributed by atoms with Gasteiger partial charge in [0.05, 0.1) is 13.2 Å². The molecule has 0 aromatic heterocycles. The molecule has 0 aliphatic carbocycles. The summed E-state index contributed by atoms with van der Waals surface area (Å²) in [6.45, 7) is 11.4. The van der Waals surface area contributed by atoms with Gasteiger partial charge in [-0.2, -0.15) is 0 Å². The molecule has 1 fully saturated rings. The standard InChI is InChI=1S/C22H33NO6/c1-20(2,3)28-18(24)22(23-19(25)29-21(4,5)6)12-13-26-15-17(22)27-14-16-10-8-7-9-11-16/h7-11,17H,12-15H2,1-6H3,(H,23,25). The van der Waals surface area contributed by atoms with Gasteiger partial charge in [0.15, 0.2) is 5.54 Å². The quantitative estimate of drug-likeness (QED) is 0.751. The summed E-state index contributed by atoms with van der Waals surface area (Å²) in [6.07, 6.45) is -1.20. The molecule has 2 atom stereocenters. The van der Waals surface area contributed by atoms with Crippen molar-refractivity contribution in [3.05, 3.63) is 35.9 Å². The number of hydrogen-bond acceptors (Lipinski definition) is 6. The first-order chi connectivity index (χ1) is 13.4. The van der Waals surface area contributed by atoms with Crippen molar-refractivity contribution in [3.8, 4) is 0 Å². The summed E-state index contributed by atoms with van der Waals surface area (Å²) >= 11 is 0. The highest BCUT2D eigenvalue weighted by atomic mass is 16.6. The largest absolute Gasteiger partial charge is 0.458 e. The molecule has 1 amide bonds. The Morgan fingerprint density at radius 2 is 1.69 bits per heavy atom. The van der Waals surface area contributed by atoms with Crippen LogP contribution >= 0.6 is 0 Å². The minimum atomic E-state index is -1.40. The van der Waals surface area contributed by atoms with Gasteiger partial charge >= 0.3 is 12.1 Å². The highest BCUT2D eigenvalue weighted by Crippen LogP contribution is 2.29. The average Bonchev–Trinajstić information content (AvgIpc) is 2.58. The summed E-state index contributed by atoms with van der Waals surface area (Å²) in [4.78, 5) is 25.8.